The number of benzene rings is 1. The summed E-state index contributed by atoms with van der Waals surface area (Å²) in [5.74, 6) is 0. The molecule has 5 nitrogen and oxygen atoms in total. The third-order valence-electron chi connectivity index (χ3n) is 2.95. The van der Waals surface area contributed by atoms with Gasteiger partial charge in [0.05, 0.1) is 18.8 Å². The third kappa shape index (κ3) is 4.88. The molecule has 0 atom stereocenters. The van der Waals surface area contributed by atoms with Crippen LogP contribution in [0, 0.1) is 0 Å². The Morgan fingerprint density at radius 2 is 1.80 bits per heavy atom. The number of rotatable bonds is 7. The highest BCUT2D eigenvalue weighted by Crippen LogP contribution is 2.13. The normalized spacial score (nSPS) is 13.0. The smallest absolute Gasteiger partial charge is 0.234 e. The summed E-state index contributed by atoms with van der Waals surface area (Å²) in [6, 6.07) is 6.66. The van der Waals surface area contributed by atoms with Crippen molar-refractivity contribution in [3.05, 3.63) is 40.3 Å². The van der Waals surface area contributed by atoms with E-state index in [0.717, 1.165) is 5.41 Å². The zero-order chi connectivity index (χ0) is 15.2. The molecule has 1 aromatic carbocycles. The third-order valence-corrected chi connectivity index (χ3v) is 4.41. The molecular formula is C13H18ClNO4S. The molecule has 20 heavy (non-hydrogen) atoms. The van der Waals surface area contributed by atoms with Gasteiger partial charge in [0.15, 0.2) is 0 Å². The van der Waals surface area contributed by atoms with Crippen LogP contribution in [0.25, 0.3) is 6.08 Å². The van der Waals surface area contributed by atoms with Gasteiger partial charge in [-0.2, -0.15) is 0 Å². The van der Waals surface area contributed by atoms with Gasteiger partial charge in [-0.25, -0.2) is 13.1 Å². The molecule has 0 spiro atoms. The van der Waals surface area contributed by atoms with Crippen molar-refractivity contribution >= 4 is 27.7 Å². The van der Waals surface area contributed by atoms with Crippen LogP contribution >= 0.6 is 11.6 Å². The van der Waals surface area contributed by atoms with Gasteiger partial charge in [0, 0.05) is 10.4 Å². The van der Waals surface area contributed by atoms with E-state index in [0.29, 0.717) is 10.6 Å². The average molecular weight is 320 g/mol. The standard InChI is InChI=1S/C13H18ClNO4S/c1-2-13(9-16,10-17)15-20(18,19)8-7-11-3-5-12(14)6-4-11/h3-8,15-17H,2,9-10H2,1H3/b8-7+. The van der Waals surface area contributed by atoms with Gasteiger partial charge in [0.25, 0.3) is 0 Å². The summed E-state index contributed by atoms with van der Waals surface area (Å²) < 4.78 is 26.1. The number of sulfonamides is 1. The molecule has 0 radical (unpaired) electrons. The molecule has 1 aromatic rings. The molecule has 3 N–H and O–H groups in total. The first kappa shape index (κ1) is 17.1. The van der Waals surface area contributed by atoms with Crippen LogP contribution in [0.4, 0.5) is 0 Å². The van der Waals surface area contributed by atoms with Crippen LogP contribution in [-0.2, 0) is 10.0 Å². The van der Waals surface area contributed by atoms with Gasteiger partial charge in [0.2, 0.25) is 10.0 Å². The second-order valence-electron chi connectivity index (χ2n) is 4.45. The van der Waals surface area contributed by atoms with Gasteiger partial charge < -0.3 is 10.2 Å². The van der Waals surface area contributed by atoms with Crippen LogP contribution in [0.3, 0.4) is 0 Å². The highest BCUT2D eigenvalue weighted by Gasteiger charge is 2.30. The van der Waals surface area contributed by atoms with Crippen molar-refractivity contribution in [1.82, 2.24) is 4.72 Å². The van der Waals surface area contributed by atoms with Crippen molar-refractivity contribution in [2.24, 2.45) is 0 Å². The van der Waals surface area contributed by atoms with E-state index in [2.05, 4.69) is 4.72 Å². The van der Waals surface area contributed by atoms with Crippen molar-refractivity contribution in [3.63, 3.8) is 0 Å². The van der Waals surface area contributed by atoms with Gasteiger partial charge in [-0.15, -0.1) is 0 Å². The number of hydrogen-bond donors (Lipinski definition) is 3. The molecule has 0 fully saturated rings. The minimum absolute atomic E-state index is 0.272. The molecule has 0 saturated heterocycles. The first-order chi connectivity index (χ1) is 9.36. The molecule has 0 aromatic heterocycles. The number of aliphatic hydroxyl groups excluding tert-OH is 2. The molecule has 1 rings (SSSR count). The van der Waals surface area contributed by atoms with E-state index in [9.17, 15) is 18.6 Å². The Labute approximate surface area is 123 Å². The summed E-state index contributed by atoms with van der Waals surface area (Å²) in [7, 11) is -3.77. The van der Waals surface area contributed by atoms with E-state index in [4.69, 9.17) is 11.6 Å². The van der Waals surface area contributed by atoms with Gasteiger partial charge in [-0.3, -0.25) is 0 Å². The highest BCUT2D eigenvalue weighted by atomic mass is 35.5. The molecule has 0 amide bonds. The van der Waals surface area contributed by atoms with E-state index in [1.165, 1.54) is 6.08 Å². The fourth-order valence-corrected chi connectivity index (χ4v) is 2.90. The summed E-state index contributed by atoms with van der Waals surface area (Å²) in [5.41, 5.74) is -0.571. The van der Waals surface area contributed by atoms with Crippen molar-refractivity contribution in [1.29, 1.82) is 0 Å². The Balaban J connectivity index is 2.87. The summed E-state index contributed by atoms with van der Waals surface area (Å²) in [6.45, 7) is 0.722. The first-order valence-corrected chi connectivity index (χ1v) is 7.98. The number of hydrogen-bond acceptors (Lipinski definition) is 4. The maximum atomic E-state index is 11.9. The largest absolute Gasteiger partial charge is 0.394 e. The molecule has 0 unspecified atom stereocenters. The lowest BCUT2D eigenvalue weighted by Gasteiger charge is -2.28. The molecule has 0 heterocycles. The van der Waals surface area contributed by atoms with Gasteiger partial charge >= 0.3 is 0 Å². The van der Waals surface area contributed by atoms with Crippen molar-refractivity contribution in [2.75, 3.05) is 13.2 Å². The van der Waals surface area contributed by atoms with Gasteiger partial charge in [-0.1, -0.05) is 30.7 Å². The Bertz CT molecular complexity index is 542. The molecule has 0 aliphatic carbocycles. The lowest BCUT2D eigenvalue weighted by Crippen LogP contribution is -2.53. The maximum Gasteiger partial charge on any atom is 0.234 e. The second-order valence-corrected chi connectivity index (χ2v) is 6.45. The van der Waals surface area contributed by atoms with Crippen LogP contribution in [0.2, 0.25) is 5.02 Å². The Morgan fingerprint density at radius 3 is 2.25 bits per heavy atom. The van der Waals surface area contributed by atoms with E-state index >= 15 is 0 Å². The van der Waals surface area contributed by atoms with E-state index in [1.54, 1.807) is 31.2 Å². The Morgan fingerprint density at radius 1 is 1.25 bits per heavy atom. The quantitative estimate of drug-likeness (QED) is 0.708. The maximum absolute atomic E-state index is 11.9. The average Bonchev–Trinajstić information content (AvgIpc) is 2.44. The van der Waals surface area contributed by atoms with E-state index < -0.39 is 28.8 Å². The van der Waals surface area contributed by atoms with E-state index in [1.807, 2.05) is 0 Å². The highest BCUT2D eigenvalue weighted by molar-refractivity contribution is 7.92. The Hall–Kier alpha value is -0.920. The van der Waals surface area contributed by atoms with Crippen LogP contribution in [-0.4, -0.2) is 37.4 Å². The van der Waals surface area contributed by atoms with Gasteiger partial charge in [-0.05, 0) is 30.2 Å². The van der Waals surface area contributed by atoms with Crippen LogP contribution in [0.1, 0.15) is 18.9 Å². The zero-order valence-corrected chi connectivity index (χ0v) is 12.7. The molecule has 0 saturated carbocycles. The van der Waals surface area contributed by atoms with Crippen LogP contribution < -0.4 is 4.72 Å². The summed E-state index contributed by atoms with van der Waals surface area (Å²) in [6.07, 6.45) is 1.68. The Kier molecular flexibility index (Phi) is 6.16. The van der Waals surface area contributed by atoms with Crippen LogP contribution in [0.5, 0.6) is 0 Å². The predicted octanol–water partition coefficient (Wildman–Crippen LogP) is 1.36. The van der Waals surface area contributed by atoms with Gasteiger partial charge in [0.1, 0.15) is 0 Å². The molecule has 0 aliphatic rings. The number of nitrogens with one attached hydrogen (secondary N) is 1. The molecule has 7 heteroatoms. The monoisotopic (exact) mass is 319 g/mol. The summed E-state index contributed by atoms with van der Waals surface area (Å²) in [5, 5.41) is 20.0. The van der Waals surface area contributed by atoms with Crippen LogP contribution in [0.15, 0.2) is 29.7 Å². The molecule has 0 bridgehead atoms. The number of halogens is 1. The van der Waals surface area contributed by atoms with Crippen molar-refractivity contribution in [3.8, 4) is 0 Å². The lowest BCUT2D eigenvalue weighted by atomic mass is 10.0. The van der Waals surface area contributed by atoms with Crippen molar-refractivity contribution < 1.29 is 18.6 Å². The second kappa shape index (κ2) is 7.19. The SMILES string of the molecule is CCC(CO)(CO)NS(=O)(=O)/C=C/c1ccc(Cl)cc1. The zero-order valence-electron chi connectivity index (χ0n) is 11.1. The summed E-state index contributed by atoms with van der Waals surface area (Å²) in [4.78, 5) is 0. The molecule has 112 valence electrons. The minimum Gasteiger partial charge on any atom is -0.394 e. The lowest BCUT2D eigenvalue weighted by molar-refractivity contribution is 0.106. The summed E-state index contributed by atoms with van der Waals surface area (Å²) >= 11 is 5.73. The topological polar surface area (TPSA) is 86.6 Å². The number of aliphatic hydroxyl groups is 2. The fourth-order valence-electron chi connectivity index (χ4n) is 1.49. The van der Waals surface area contributed by atoms with Crippen molar-refractivity contribution in [2.45, 2.75) is 18.9 Å². The van der Waals surface area contributed by atoms with E-state index in [-0.39, 0.29) is 6.42 Å². The fraction of sp³-hybridized carbons (Fsp3) is 0.385. The predicted molar refractivity (Wildman–Crippen MR) is 79.7 cm³/mol. The minimum atomic E-state index is -3.77. The first-order valence-electron chi connectivity index (χ1n) is 6.06. The molecular weight excluding hydrogens is 302 g/mol. The molecule has 0 aliphatic heterocycles.